The summed E-state index contributed by atoms with van der Waals surface area (Å²) in [4.78, 5) is 0. The van der Waals surface area contributed by atoms with Gasteiger partial charge in [-0.05, 0) is 37.6 Å². The number of hydrogen-bond acceptors (Lipinski definition) is 4. The second-order valence-corrected chi connectivity index (χ2v) is 4.70. The summed E-state index contributed by atoms with van der Waals surface area (Å²) in [6.45, 7) is 4.61. The molecule has 0 aliphatic heterocycles. The number of nitrogens with zero attached hydrogens (tertiary/aromatic N) is 3. The van der Waals surface area contributed by atoms with E-state index in [1.807, 2.05) is 23.0 Å². The third-order valence-corrected chi connectivity index (χ3v) is 3.22. The lowest BCUT2D eigenvalue weighted by molar-refractivity contribution is 0.299. The smallest absolute Gasteiger partial charge is 0.142 e. The van der Waals surface area contributed by atoms with Crippen LogP contribution >= 0.6 is 0 Å². The van der Waals surface area contributed by atoms with Gasteiger partial charge in [0.05, 0.1) is 23.0 Å². The number of aromatic nitrogens is 2. The largest absolute Gasteiger partial charge is 0.485 e. The third kappa shape index (κ3) is 3.09. The number of nitrogens with two attached hydrogens (primary N) is 1. The predicted octanol–water partition coefficient (Wildman–Crippen LogP) is 2.89. The molecular formula is C15H18N4O. The first-order valence-electron chi connectivity index (χ1n) is 6.60. The first kappa shape index (κ1) is 13.9. The van der Waals surface area contributed by atoms with Gasteiger partial charge < -0.3 is 10.5 Å². The maximum atomic E-state index is 8.78. The van der Waals surface area contributed by atoms with Gasteiger partial charge >= 0.3 is 0 Å². The summed E-state index contributed by atoms with van der Waals surface area (Å²) in [7, 11) is 0. The van der Waals surface area contributed by atoms with Crippen molar-refractivity contribution in [3.05, 3.63) is 41.7 Å². The van der Waals surface area contributed by atoms with E-state index in [1.165, 1.54) is 0 Å². The maximum absolute atomic E-state index is 8.78. The Labute approximate surface area is 118 Å². The highest BCUT2D eigenvalue weighted by Gasteiger charge is 2.07. The van der Waals surface area contributed by atoms with E-state index in [0.29, 0.717) is 29.6 Å². The minimum Gasteiger partial charge on any atom is -0.485 e. The van der Waals surface area contributed by atoms with Crippen molar-refractivity contribution in [3.8, 4) is 11.8 Å². The zero-order valence-electron chi connectivity index (χ0n) is 11.7. The zero-order valence-corrected chi connectivity index (χ0v) is 11.7. The molecule has 2 rings (SSSR count). The highest BCUT2D eigenvalue weighted by Crippen LogP contribution is 2.23. The Morgan fingerprint density at radius 2 is 2.25 bits per heavy atom. The predicted molar refractivity (Wildman–Crippen MR) is 77.1 cm³/mol. The first-order chi connectivity index (χ1) is 9.63. The van der Waals surface area contributed by atoms with Crippen molar-refractivity contribution in [2.75, 3.05) is 5.73 Å². The lowest BCUT2D eigenvalue weighted by atomic mass is 10.2. The summed E-state index contributed by atoms with van der Waals surface area (Å²) in [5, 5.41) is 13.2. The molecule has 2 aromatic rings. The minimum atomic E-state index is 0.361. The van der Waals surface area contributed by atoms with Gasteiger partial charge in [0, 0.05) is 12.2 Å². The van der Waals surface area contributed by atoms with Crippen molar-refractivity contribution in [3.63, 3.8) is 0 Å². The Morgan fingerprint density at radius 3 is 2.90 bits per heavy atom. The fourth-order valence-corrected chi connectivity index (χ4v) is 1.79. The van der Waals surface area contributed by atoms with Gasteiger partial charge in [-0.3, -0.25) is 4.68 Å². The quantitative estimate of drug-likeness (QED) is 0.847. The zero-order chi connectivity index (χ0) is 14.5. The second kappa shape index (κ2) is 6.11. The van der Waals surface area contributed by atoms with Crippen LogP contribution < -0.4 is 10.5 Å². The SMILES string of the molecule is CCC(C)n1ccc(COc2ccc(C#N)cc2N)n1. The highest BCUT2D eigenvalue weighted by atomic mass is 16.5. The Morgan fingerprint density at radius 1 is 1.45 bits per heavy atom. The number of ether oxygens (including phenoxy) is 1. The van der Waals surface area contributed by atoms with Crippen molar-refractivity contribution in [1.82, 2.24) is 9.78 Å². The lowest BCUT2D eigenvalue weighted by Crippen LogP contribution is -2.06. The van der Waals surface area contributed by atoms with Crippen molar-refractivity contribution < 1.29 is 4.74 Å². The Kier molecular flexibility index (Phi) is 4.26. The molecule has 0 aliphatic rings. The van der Waals surface area contributed by atoms with Crippen LogP contribution in [0.1, 0.15) is 37.6 Å². The van der Waals surface area contributed by atoms with Gasteiger partial charge in [0.25, 0.3) is 0 Å². The van der Waals surface area contributed by atoms with Crippen LogP contribution in [-0.2, 0) is 6.61 Å². The molecule has 0 fully saturated rings. The summed E-state index contributed by atoms with van der Waals surface area (Å²) in [5.41, 5.74) is 7.68. The molecule has 5 nitrogen and oxygen atoms in total. The fraction of sp³-hybridized carbons (Fsp3) is 0.333. The van der Waals surface area contributed by atoms with E-state index >= 15 is 0 Å². The Balaban J connectivity index is 2.02. The Hall–Kier alpha value is -2.48. The lowest BCUT2D eigenvalue weighted by Gasteiger charge is -2.09. The van der Waals surface area contributed by atoms with Gasteiger partial charge in [0.2, 0.25) is 0 Å². The summed E-state index contributed by atoms with van der Waals surface area (Å²) < 4.78 is 7.57. The molecule has 1 atom stereocenters. The standard InChI is InChI=1S/C15H18N4O/c1-3-11(2)19-7-6-13(18-19)10-20-15-5-4-12(9-16)8-14(15)17/h4-8,11H,3,10,17H2,1-2H3. The minimum absolute atomic E-state index is 0.361. The molecule has 0 radical (unpaired) electrons. The van der Waals surface area contributed by atoms with Crippen molar-refractivity contribution >= 4 is 5.69 Å². The topological polar surface area (TPSA) is 76.9 Å². The normalized spacial score (nSPS) is 11.8. The van der Waals surface area contributed by atoms with E-state index in [2.05, 4.69) is 18.9 Å². The highest BCUT2D eigenvalue weighted by molar-refractivity contribution is 5.56. The van der Waals surface area contributed by atoms with Crippen LogP contribution in [0, 0.1) is 11.3 Å². The van der Waals surface area contributed by atoms with Gasteiger partial charge in [-0.2, -0.15) is 10.4 Å². The fourth-order valence-electron chi connectivity index (χ4n) is 1.79. The molecule has 0 spiro atoms. The third-order valence-electron chi connectivity index (χ3n) is 3.22. The molecule has 1 heterocycles. The molecule has 104 valence electrons. The summed E-state index contributed by atoms with van der Waals surface area (Å²) in [6.07, 6.45) is 2.99. The molecular weight excluding hydrogens is 252 g/mol. The number of hydrogen-bond donors (Lipinski definition) is 1. The van der Waals surface area contributed by atoms with Crippen LogP contribution in [0.25, 0.3) is 0 Å². The molecule has 1 aromatic carbocycles. The molecule has 2 N–H and O–H groups in total. The van der Waals surface area contributed by atoms with Gasteiger partial charge in [0.15, 0.2) is 0 Å². The second-order valence-electron chi connectivity index (χ2n) is 4.70. The van der Waals surface area contributed by atoms with Crippen molar-refractivity contribution in [2.24, 2.45) is 0 Å². The Bertz CT molecular complexity index is 627. The van der Waals surface area contributed by atoms with Crippen LogP contribution in [0.5, 0.6) is 5.75 Å². The van der Waals surface area contributed by atoms with Crippen LogP contribution in [0.2, 0.25) is 0 Å². The number of rotatable bonds is 5. The molecule has 0 bridgehead atoms. The molecule has 0 saturated heterocycles. The van der Waals surface area contributed by atoms with Gasteiger partial charge in [-0.25, -0.2) is 0 Å². The monoisotopic (exact) mass is 270 g/mol. The van der Waals surface area contributed by atoms with Crippen LogP contribution in [0.3, 0.4) is 0 Å². The molecule has 20 heavy (non-hydrogen) atoms. The molecule has 0 aliphatic carbocycles. The average Bonchev–Trinajstić information content (AvgIpc) is 2.94. The van der Waals surface area contributed by atoms with E-state index in [0.717, 1.165) is 12.1 Å². The van der Waals surface area contributed by atoms with E-state index in [4.69, 9.17) is 15.7 Å². The number of anilines is 1. The maximum Gasteiger partial charge on any atom is 0.142 e. The molecule has 0 amide bonds. The number of nitrogen functional groups attached to an aromatic ring is 1. The van der Waals surface area contributed by atoms with Gasteiger partial charge in [-0.1, -0.05) is 6.92 Å². The van der Waals surface area contributed by atoms with Gasteiger partial charge in [-0.15, -0.1) is 0 Å². The molecule has 0 saturated carbocycles. The molecule has 1 aromatic heterocycles. The first-order valence-corrected chi connectivity index (χ1v) is 6.60. The van der Waals surface area contributed by atoms with E-state index in [1.54, 1.807) is 18.2 Å². The van der Waals surface area contributed by atoms with Crippen molar-refractivity contribution in [1.29, 1.82) is 5.26 Å². The molecule has 5 heteroatoms. The van der Waals surface area contributed by atoms with E-state index < -0.39 is 0 Å². The summed E-state index contributed by atoms with van der Waals surface area (Å²) >= 11 is 0. The summed E-state index contributed by atoms with van der Waals surface area (Å²) in [5.74, 6) is 0.571. The summed E-state index contributed by atoms with van der Waals surface area (Å²) in [6, 6.07) is 9.35. The molecule has 1 unspecified atom stereocenters. The van der Waals surface area contributed by atoms with Crippen LogP contribution in [-0.4, -0.2) is 9.78 Å². The van der Waals surface area contributed by atoms with E-state index in [9.17, 15) is 0 Å². The van der Waals surface area contributed by atoms with Crippen molar-refractivity contribution in [2.45, 2.75) is 32.9 Å². The van der Waals surface area contributed by atoms with Gasteiger partial charge in [0.1, 0.15) is 12.4 Å². The number of nitriles is 1. The van der Waals surface area contributed by atoms with Crippen LogP contribution in [0.4, 0.5) is 5.69 Å². The van der Waals surface area contributed by atoms with E-state index in [-0.39, 0.29) is 0 Å². The van der Waals surface area contributed by atoms with Crippen LogP contribution in [0.15, 0.2) is 30.5 Å². The number of benzene rings is 1. The average molecular weight is 270 g/mol.